The van der Waals surface area contributed by atoms with Crippen LogP contribution in [0.5, 0.6) is 0 Å². The van der Waals surface area contributed by atoms with Crippen LogP contribution in [0.1, 0.15) is 5.56 Å². The largest absolute Gasteiger partial charge is 0.271 e. The van der Waals surface area contributed by atoms with Crippen LogP contribution in [0.3, 0.4) is 0 Å². The van der Waals surface area contributed by atoms with Crippen molar-refractivity contribution in [2.24, 2.45) is 0 Å². The van der Waals surface area contributed by atoms with Gasteiger partial charge in [-0.15, -0.1) is 0 Å². The Labute approximate surface area is 141 Å². The molecule has 124 valence electrons. The molecule has 0 unspecified atom stereocenters. The zero-order valence-electron chi connectivity index (χ0n) is 13.3. The molecule has 2 heterocycles. The Morgan fingerprint density at radius 1 is 1.04 bits per heavy atom. The molecule has 0 amide bonds. The second-order valence-corrected chi connectivity index (χ2v) is 7.16. The van der Waals surface area contributed by atoms with Gasteiger partial charge in [-0.3, -0.25) is 9.67 Å². The van der Waals surface area contributed by atoms with Crippen LogP contribution in [0.25, 0.3) is 11.4 Å². The van der Waals surface area contributed by atoms with Gasteiger partial charge in [-0.25, -0.2) is 13.1 Å². The Kier molecular flexibility index (Phi) is 4.73. The minimum Gasteiger partial charge on any atom is -0.271 e. The molecule has 0 saturated heterocycles. The molecule has 6 nitrogen and oxygen atoms in total. The predicted octanol–water partition coefficient (Wildman–Crippen LogP) is 2.23. The standard InChI is InChI=1S/C17H18N4O2S/c1-14-5-7-15(8-6-14)24(22,23)19-11-13-21-12-9-17(20-21)16-4-2-3-10-18-16/h2-10,12,19H,11,13H2,1H3. The lowest BCUT2D eigenvalue weighted by molar-refractivity contribution is 0.561. The number of nitrogens with one attached hydrogen (secondary N) is 1. The number of aromatic nitrogens is 3. The van der Waals surface area contributed by atoms with Gasteiger partial charge in [0.1, 0.15) is 5.69 Å². The van der Waals surface area contributed by atoms with Crippen LogP contribution in [0.4, 0.5) is 0 Å². The first-order chi connectivity index (χ1) is 11.5. The average molecular weight is 342 g/mol. The summed E-state index contributed by atoms with van der Waals surface area (Å²) < 4.78 is 28.7. The second-order valence-electron chi connectivity index (χ2n) is 5.39. The molecule has 24 heavy (non-hydrogen) atoms. The third-order valence-corrected chi connectivity index (χ3v) is 5.01. The van der Waals surface area contributed by atoms with E-state index in [4.69, 9.17) is 0 Å². The maximum absolute atomic E-state index is 12.2. The molecular formula is C17H18N4O2S. The summed E-state index contributed by atoms with van der Waals surface area (Å²) in [5.41, 5.74) is 2.57. The molecule has 0 radical (unpaired) electrons. The van der Waals surface area contributed by atoms with Gasteiger partial charge in [-0.1, -0.05) is 23.8 Å². The van der Waals surface area contributed by atoms with E-state index in [0.717, 1.165) is 17.0 Å². The topological polar surface area (TPSA) is 76.9 Å². The Morgan fingerprint density at radius 3 is 2.54 bits per heavy atom. The number of aryl methyl sites for hydroxylation is 1. The van der Waals surface area contributed by atoms with E-state index in [1.165, 1.54) is 0 Å². The minimum atomic E-state index is -3.50. The lowest BCUT2D eigenvalue weighted by atomic mass is 10.2. The van der Waals surface area contributed by atoms with Crippen LogP contribution in [-0.4, -0.2) is 29.7 Å². The summed E-state index contributed by atoms with van der Waals surface area (Å²) in [6.45, 7) is 2.62. The van der Waals surface area contributed by atoms with Crippen molar-refractivity contribution < 1.29 is 8.42 Å². The van der Waals surface area contributed by atoms with E-state index in [9.17, 15) is 8.42 Å². The van der Waals surface area contributed by atoms with Crippen molar-refractivity contribution in [3.8, 4) is 11.4 Å². The fourth-order valence-corrected chi connectivity index (χ4v) is 3.25. The highest BCUT2D eigenvalue weighted by atomic mass is 32.2. The molecule has 0 aliphatic rings. The van der Waals surface area contributed by atoms with Crippen molar-refractivity contribution in [2.75, 3.05) is 6.54 Å². The molecule has 0 saturated carbocycles. The fourth-order valence-electron chi connectivity index (χ4n) is 2.23. The summed E-state index contributed by atoms with van der Waals surface area (Å²) >= 11 is 0. The molecule has 3 rings (SSSR count). The molecule has 0 atom stereocenters. The average Bonchev–Trinajstić information content (AvgIpc) is 3.05. The number of hydrogen-bond donors (Lipinski definition) is 1. The summed E-state index contributed by atoms with van der Waals surface area (Å²) in [7, 11) is -3.50. The highest BCUT2D eigenvalue weighted by molar-refractivity contribution is 7.89. The van der Waals surface area contributed by atoms with Crippen LogP contribution in [0, 0.1) is 6.92 Å². The van der Waals surface area contributed by atoms with E-state index >= 15 is 0 Å². The van der Waals surface area contributed by atoms with Crippen molar-refractivity contribution >= 4 is 10.0 Å². The van der Waals surface area contributed by atoms with Crippen molar-refractivity contribution in [2.45, 2.75) is 18.4 Å². The second kappa shape index (κ2) is 6.94. The molecule has 3 aromatic rings. The molecule has 1 N–H and O–H groups in total. The van der Waals surface area contributed by atoms with Gasteiger partial charge in [-0.05, 0) is 37.3 Å². The van der Waals surface area contributed by atoms with Crippen LogP contribution < -0.4 is 4.72 Å². The summed E-state index contributed by atoms with van der Waals surface area (Å²) in [5.74, 6) is 0. The predicted molar refractivity (Wildman–Crippen MR) is 91.8 cm³/mol. The van der Waals surface area contributed by atoms with E-state index in [2.05, 4.69) is 14.8 Å². The molecule has 7 heteroatoms. The Morgan fingerprint density at radius 2 is 1.83 bits per heavy atom. The van der Waals surface area contributed by atoms with Crippen LogP contribution in [0.2, 0.25) is 0 Å². The summed E-state index contributed by atoms with van der Waals surface area (Å²) in [4.78, 5) is 4.51. The van der Waals surface area contributed by atoms with Crippen molar-refractivity contribution in [1.82, 2.24) is 19.5 Å². The maximum Gasteiger partial charge on any atom is 0.240 e. The lowest BCUT2D eigenvalue weighted by Gasteiger charge is -2.07. The molecule has 0 bridgehead atoms. The van der Waals surface area contributed by atoms with Gasteiger partial charge in [0, 0.05) is 18.9 Å². The minimum absolute atomic E-state index is 0.263. The third kappa shape index (κ3) is 3.87. The van der Waals surface area contributed by atoms with E-state index in [1.807, 2.05) is 37.4 Å². The molecule has 0 spiro atoms. The van der Waals surface area contributed by atoms with Crippen LogP contribution >= 0.6 is 0 Å². The van der Waals surface area contributed by atoms with E-state index < -0.39 is 10.0 Å². The highest BCUT2D eigenvalue weighted by Crippen LogP contribution is 2.13. The van der Waals surface area contributed by atoms with Gasteiger partial charge in [-0.2, -0.15) is 5.10 Å². The quantitative estimate of drug-likeness (QED) is 0.745. The number of rotatable bonds is 6. The molecular weight excluding hydrogens is 324 g/mol. The van der Waals surface area contributed by atoms with Gasteiger partial charge in [0.05, 0.1) is 17.1 Å². The summed E-state index contributed by atoms with van der Waals surface area (Å²) in [6, 6.07) is 14.2. The van der Waals surface area contributed by atoms with Crippen LogP contribution in [-0.2, 0) is 16.6 Å². The normalized spacial score (nSPS) is 11.5. The first kappa shape index (κ1) is 16.4. The zero-order valence-corrected chi connectivity index (χ0v) is 14.1. The molecule has 1 aromatic carbocycles. The van der Waals surface area contributed by atoms with Crippen LogP contribution in [0.15, 0.2) is 65.8 Å². The lowest BCUT2D eigenvalue weighted by Crippen LogP contribution is -2.27. The number of hydrogen-bond acceptors (Lipinski definition) is 4. The zero-order chi connectivity index (χ0) is 17.0. The first-order valence-corrected chi connectivity index (χ1v) is 9.04. The number of nitrogens with zero attached hydrogens (tertiary/aromatic N) is 3. The highest BCUT2D eigenvalue weighted by Gasteiger charge is 2.13. The van der Waals surface area contributed by atoms with Gasteiger partial charge in [0.2, 0.25) is 10.0 Å². The molecule has 0 aliphatic carbocycles. The van der Waals surface area contributed by atoms with E-state index in [-0.39, 0.29) is 11.4 Å². The SMILES string of the molecule is Cc1ccc(S(=O)(=O)NCCn2ccc(-c3ccccn3)n2)cc1. The number of sulfonamides is 1. The summed E-state index contributed by atoms with van der Waals surface area (Å²) in [5, 5.41) is 4.40. The van der Waals surface area contributed by atoms with Gasteiger partial charge >= 0.3 is 0 Å². The van der Waals surface area contributed by atoms with Crippen molar-refractivity contribution in [1.29, 1.82) is 0 Å². The van der Waals surface area contributed by atoms with E-state index in [0.29, 0.717) is 6.54 Å². The first-order valence-electron chi connectivity index (χ1n) is 7.56. The van der Waals surface area contributed by atoms with Crippen molar-refractivity contribution in [3.63, 3.8) is 0 Å². The monoisotopic (exact) mass is 342 g/mol. The molecule has 0 aliphatic heterocycles. The Balaban J connectivity index is 1.60. The molecule has 2 aromatic heterocycles. The van der Waals surface area contributed by atoms with Crippen molar-refractivity contribution in [3.05, 3.63) is 66.5 Å². The van der Waals surface area contributed by atoms with E-state index in [1.54, 1.807) is 35.1 Å². The van der Waals surface area contributed by atoms with Gasteiger partial charge in [0.15, 0.2) is 0 Å². The smallest absolute Gasteiger partial charge is 0.240 e. The maximum atomic E-state index is 12.2. The van der Waals surface area contributed by atoms with Gasteiger partial charge in [0.25, 0.3) is 0 Å². The number of benzene rings is 1. The number of pyridine rings is 1. The Bertz CT molecular complexity index is 903. The van der Waals surface area contributed by atoms with Gasteiger partial charge < -0.3 is 0 Å². The Hall–Kier alpha value is -2.51. The third-order valence-electron chi connectivity index (χ3n) is 3.53. The molecule has 0 fully saturated rings. The summed E-state index contributed by atoms with van der Waals surface area (Å²) in [6.07, 6.45) is 3.52. The fraction of sp³-hybridized carbons (Fsp3) is 0.176.